The number of aromatic nitrogens is 2. The molecule has 0 aliphatic rings. The summed E-state index contributed by atoms with van der Waals surface area (Å²) < 4.78 is 26.3. The second-order valence-corrected chi connectivity index (χ2v) is 3.40. The average Bonchev–Trinajstić information content (AvgIpc) is 2.35. The van der Waals surface area contributed by atoms with Crippen LogP contribution in [0.1, 0.15) is 17.3 Å². The number of nitrogens with two attached hydrogens (primary N) is 1. The fourth-order valence-corrected chi connectivity index (χ4v) is 1.51. The first-order valence-electron chi connectivity index (χ1n) is 4.89. The standard InChI is InChI=1S/C11H10F2N4/c12-7-1-2-10(16-5-7)11(17-14)8-3-4-15-6-9(8)13/h1-6,11,17H,14H2. The second kappa shape index (κ2) is 4.94. The van der Waals surface area contributed by atoms with Crippen molar-refractivity contribution in [2.75, 3.05) is 0 Å². The Kier molecular flexibility index (Phi) is 3.36. The van der Waals surface area contributed by atoms with Crippen LogP contribution >= 0.6 is 0 Å². The molecule has 0 aromatic carbocycles. The molecular formula is C11H10F2N4. The SMILES string of the molecule is NNC(c1ccc(F)cn1)c1ccncc1F. The minimum absolute atomic E-state index is 0.307. The van der Waals surface area contributed by atoms with Crippen molar-refractivity contribution < 1.29 is 8.78 Å². The van der Waals surface area contributed by atoms with Crippen molar-refractivity contribution >= 4 is 0 Å². The molecule has 0 saturated heterocycles. The van der Waals surface area contributed by atoms with Crippen LogP contribution in [0.2, 0.25) is 0 Å². The molecule has 0 bridgehead atoms. The van der Waals surface area contributed by atoms with Gasteiger partial charge in [0, 0.05) is 11.8 Å². The molecule has 0 amide bonds. The number of halogens is 2. The monoisotopic (exact) mass is 236 g/mol. The van der Waals surface area contributed by atoms with E-state index < -0.39 is 17.7 Å². The first-order valence-corrected chi connectivity index (χ1v) is 4.89. The highest BCUT2D eigenvalue weighted by atomic mass is 19.1. The predicted molar refractivity (Wildman–Crippen MR) is 57.6 cm³/mol. The summed E-state index contributed by atoms with van der Waals surface area (Å²) in [4.78, 5) is 7.51. The highest BCUT2D eigenvalue weighted by Gasteiger charge is 2.17. The lowest BCUT2D eigenvalue weighted by Gasteiger charge is -2.15. The van der Waals surface area contributed by atoms with Crippen molar-refractivity contribution in [3.8, 4) is 0 Å². The minimum Gasteiger partial charge on any atom is -0.271 e. The summed E-state index contributed by atoms with van der Waals surface area (Å²) in [5.41, 5.74) is 3.18. The number of hydrazine groups is 1. The Morgan fingerprint density at radius 1 is 1.18 bits per heavy atom. The van der Waals surface area contributed by atoms with Gasteiger partial charge in [0.2, 0.25) is 0 Å². The third-order valence-electron chi connectivity index (χ3n) is 2.33. The van der Waals surface area contributed by atoms with Gasteiger partial charge in [0.05, 0.1) is 24.1 Å². The molecule has 2 aromatic rings. The van der Waals surface area contributed by atoms with Crippen LogP contribution in [0.3, 0.4) is 0 Å². The molecule has 2 rings (SSSR count). The van der Waals surface area contributed by atoms with Crippen LogP contribution in [0.15, 0.2) is 36.8 Å². The molecule has 1 atom stereocenters. The van der Waals surface area contributed by atoms with Crippen LogP contribution < -0.4 is 11.3 Å². The Hall–Kier alpha value is -1.92. The molecular weight excluding hydrogens is 226 g/mol. The summed E-state index contributed by atoms with van der Waals surface area (Å²) in [7, 11) is 0. The number of nitrogens with one attached hydrogen (secondary N) is 1. The Labute approximate surface area is 96.5 Å². The zero-order valence-corrected chi connectivity index (χ0v) is 8.77. The summed E-state index contributed by atoms with van der Waals surface area (Å²) in [6, 6.07) is 3.54. The van der Waals surface area contributed by atoms with E-state index in [9.17, 15) is 8.78 Å². The van der Waals surface area contributed by atoms with Crippen LogP contribution in [-0.2, 0) is 0 Å². The first-order chi connectivity index (χ1) is 8.22. The molecule has 2 aromatic heterocycles. The van der Waals surface area contributed by atoms with E-state index in [1.807, 2.05) is 0 Å². The van der Waals surface area contributed by atoms with Gasteiger partial charge >= 0.3 is 0 Å². The summed E-state index contributed by atoms with van der Waals surface area (Å²) in [5, 5.41) is 0. The molecule has 17 heavy (non-hydrogen) atoms. The van der Waals surface area contributed by atoms with Gasteiger partial charge in [0.15, 0.2) is 0 Å². The normalized spacial score (nSPS) is 12.4. The maximum Gasteiger partial charge on any atom is 0.146 e. The smallest absolute Gasteiger partial charge is 0.146 e. The topological polar surface area (TPSA) is 63.8 Å². The quantitative estimate of drug-likeness (QED) is 0.623. The van der Waals surface area contributed by atoms with Gasteiger partial charge in [-0.3, -0.25) is 15.8 Å². The van der Waals surface area contributed by atoms with E-state index in [1.165, 1.54) is 24.4 Å². The summed E-state index contributed by atoms with van der Waals surface area (Å²) >= 11 is 0. The van der Waals surface area contributed by atoms with Crippen molar-refractivity contribution in [1.29, 1.82) is 0 Å². The molecule has 0 spiro atoms. The van der Waals surface area contributed by atoms with Crippen LogP contribution in [0, 0.1) is 11.6 Å². The molecule has 1 unspecified atom stereocenters. The molecule has 2 heterocycles. The molecule has 0 fully saturated rings. The van der Waals surface area contributed by atoms with Crippen molar-refractivity contribution in [3.63, 3.8) is 0 Å². The Balaban J connectivity index is 2.40. The zero-order chi connectivity index (χ0) is 12.3. The van der Waals surface area contributed by atoms with Gasteiger partial charge < -0.3 is 0 Å². The summed E-state index contributed by atoms with van der Waals surface area (Å²) in [6.07, 6.45) is 3.59. The van der Waals surface area contributed by atoms with E-state index in [0.717, 1.165) is 12.4 Å². The van der Waals surface area contributed by atoms with E-state index in [1.54, 1.807) is 0 Å². The largest absolute Gasteiger partial charge is 0.271 e. The number of nitrogens with zero attached hydrogens (tertiary/aromatic N) is 2. The first kappa shape index (κ1) is 11.6. The fourth-order valence-electron chi connectivity index (χ4n) is 1.51. The van der Waals surface area contributed by atoms with Gasteiger partial charge in [0.1, 0.15) is 11.6 Å². The summed E-state index contributed by atoms with van der Waals surface area (Å²) in [5.74, 6) is 4.42. The lowest BCUT2D eigenvalue weighted by atomic mass is 10.0. The third kappa shape index (κ3) is 2.43. The maximum absolute atomic E-state index is 13.5. The molecule has 3 N–H and O–H groups in total. The number of rotatable bonds is 3. The Bertz CT molecular complexity index is 501. The number of hydrogen-bond acceptors (Lipinski definition) is 4. The van der Waals surface area contributed by atoms with Gasteiger partial charge in [-0.05, 0) is 18.2 Å². The average molecular weight is 236 g/mol. The fraction of sp³-hybridized carbons (Fsp3) is 0.0909. The van der Waals surface area contributed by atoms with Crippen LogP contribution in [0.5, 0.6) is 0 Å². The number of hydrogen-bond donors (Lipinski definition) is 2. The van der Waals surface area contributed by atoms with Gasteiger partial charge in [-0.25, -0.2) is 14.2 Å². The molecule has 4 nitrogen and oxygen atoms in total. The third-order valence-corrected chi connectivity index (χ3v) is 2.33. The molecule has 0 aliphatic heterocycles. The zero-order valence-electron chi connectivity index (χ0n) is 8.77. The summed E-state index contributed by atoms with van der Waals surface area (Å²) in [6.45, 7) is 0. The van der Waals surface area contributed by atoms with Gasteiger partial charge in [-0.1, -0.05) is 0 Å². The van der Waals surface area contributed by atoms with E-state index in [-0.39, 0.29) is 0 Å². The highest BCUT2D eigenvalue weighted by molar-refractivity contribution is 5.26. The van der Waals surface area contributed by atoms with Crippen LogP contribution in [-0.4, -0.2) is 9.97 Å². The predicted octanol–water partition coefficient (Wildman–Crippen LogP) is 1.31. The molecule has 0 radical (unpaired) electrons. The van der Waals surface area contributed by atoms with Crippen molar-refractivity contribution in [2.24, 2.45) is 5.84 Å². The van der Waals surface area contributed by atoms with Crippen LogP contribution in [0.4, 0.5) is 8.78 Å². The van der Waals surface area contributed by atoms with Gasteiger partial charge in [-0.15, -0.1) is 0 Å². The van der Waals surface area contributed by atoms with E-state index in [0.29, 0.717) is 11.3 Å². The number of pyridine rings is 2. The van der Waals surface area contributed by atoms with Crippen molar-refractivity contribution in [3.05, 3.63) is 59.7 Å². The van der Waals surface area contributed by atoms with Gasteiger partial charge in [0.25, 0.3) is 0 Å². The molecule has 6 heteroatoms. The van der Waals surface area contributed by atoms with E-state index in [4.69, 9.17) is 5.84 Å². The second-order valence-electron chi connectivity index (χ2n) is 3.40. The Morgan fingerprint density at radius 2 is 2.00 bits per heavy atom. The van der Waals surface area contributed by atoms with E-state index >= 15 is 0 Å². The highest BCUT2D eigenvalue weighted by Crippen LogP contribution is 2.21. The van der Waals surface area contributed by atoms with Crippen molar-refractivity contribution in [1.82, 2.24) is 15.4 Å². The molecule has 0 saturated carbocycles. The lowest BCUT2D eigenvalue weighted by Crippen LogP contribution is -2.30. The molecule has 0 aliphatic carbocycles. The van der Waals surface area contributed by atoms with Crippen molar-refractivity contribution in [2.45, 2.75) is 6.04 Å². The van der Waals surface area contributed by atoms with E-state index in [2.05, 4.69) is 15.4 Å². The lowest BCUT2D eigenvalue weighted by molar-refractivity contribution is 0.545. The Morgan fingerprint density at radius 3 is 2.59 bits per heavy atom. The maximum atomic E-state index is 13.5. The van der Waals surface area contributed by atoms with Crippen LogP contribution in [0.25, 0.3) is 0 Å². The minimum atomic E-state index is -0.640. The molecule has 88 valence electrons. The van der Waals surface area contributed by atoms with Gasteiger partial charge in [-0.2, -0.15) is 0 Å².